The molecule has 0 aromatic carbocycles. The van der Waals surface area contributed by atoms with Crippen molar-refractivity contribution in [3.63, 3.8) is 0 Å². The Morgan fingerprint density at radius 2 is 1.98 bits per heavy atom. The number of aromatic nitrogens is 4. The molecule has 0 unspecified atom stereocenters. The molecule has 0 aliphatic carbocycles. The lowest BCUT2D eigenvalue weighted by Crippen LogP contribution is -2.40. The van der Waals surface area contributed by atoms with Crippen molar-refractivity contribution in [1.82, 2.24) is 29.2 Å². The maximum Gasteiger partial charge on any atom is 0.254 e. The fourth-order valence-corrected chi connectivity index (χ4v) is 7.29. The first-order chi connectivity index (χ1) is 20.8. The van der Waals surface area contributed by atoms with E-state index in [1.807, 2.05) is 41.3 Å². The fourth-order valence-electron chi connectivity index (χ4n) is 7.29. The molecular weight excluding hydrogens is 542 g/mol. The van der Waals surface area contributed by atoms with E-state index in [0.717, 1.165) is 72.3 Å². The summed E-state index contributed by atoms with van der Waals surface area (Å²) in [5.41, 5.74) is 11.9. The standard InChI is InChI=1S/C33H39N7O3/c1-19-25-12-10-21-15-27(38(32(21)36-25)14-8-6-4-5-7-9-29(41)35-19)31-20(2)39-28(37-31)16-22(17-30(39)43-3)33(42)40-23-11-13-26(40)24(34)18-23/h6,8,10,12,15-17,19,23-24,26H,4-5,7,9,11,13-14,18,34H2,1-3H3,(H,35,41)/b8-6-/t19-,23+,24-,26-/m1/s1. The lowest BCUT2D eigenvalue weighted by Gasteiger charge is -2.23. The summed E-state index contributed by atoms with van der Waals surface area (Å²) in [4.78, 5) is 38.3. The second-order valence-electron chi connectivity index (χ2n) is 12.2. The van der Waals surface area contributed by atoms with Crippen LogP contribution in [-0.4, -0.2) is 60.9 Å². The summed E-state index contributed by atoms with van der Waals surface area (Å²) >= 11 is 0. The van der Waals surface area contributed by atoms with E-state index in [0.29, 0.717) is 30.1 Å². The molecule has 3 N–H and O–H groups in total. The lowest BCUT2D eigenvalue weighted by molar-refractivity contribution is -0.121. The Balaban J connectivity index is 1.33. The van der Waals surface area contributed by atoms with Crippen molar-refractivity contribution in [1.29, 1.82) is 0 Å². The van der Waals surface area contributed by atoms with E-state index in [4.69, 9.17) is 20.4 Å². The first-order valence-electron chi connectivity index (χ1n) is 15.4. The molecule has 7 rings (SSSR count). The molecule has 3 aliphatic rings. The van der Waals surface area contributed by atoms with Crippen LogP contribution in [-0.2, 0) is 11.3 Å². The number of nitrogens with zero attached hydrogens (tertiary/aromatic N) is 5. The van der Waals surface area contributed by atoms with Gasteiger partial charge in [0.2, 0.25) is 5.91 Å². The number of carbonyl (C=O) groups excluding carboxylic acids is 2. The van der Waals surface area contributed by atoms with Crippen LogP contribution in [0.1, 0.15) is 79.7 Å². The summed E-state index contributed by atoms with van der Waals surface area (Å²) in [5, 5.41) is 4.10. The smallest absolute Gasteiger partial charge is 0.254 e. The maximum atomic E-state index is 13.8. The maximum absolute atomic E-state index is 13.8. The van der Waals surface area contributed by atoms with Gasteiger partial charge in [-0.3, -0.25) is 14.0 Å². The molecule has 4 aromatic heterocycles. The number of allylic oxidation sites excluding steroid dienone is 2. The molecule has 2 fully saturated rings. The van der Waals surface area contributed by atoms with Crippen LogP contribution in [0.3, 0.4) is 0 Å². The third-order valence-electron chi connectivity index (χ3n) is 9.50. The van der Waals surface area contributed by atoms with E-state index < -0.39 is 0 Å². The zero-order chi connectivity index (χ0) is 29.8. The minimum Gasteiger partial charge on any atom is -0.482 e. The van der Waals surface area contributed by atoms with E-state index in [9.17, 15) is 9.59 Å². The average Bonchev–Trinajstić information content (AvgIpc) is 3.74. The first-order valence-corrected chi connectivity index (χ1v) is 15.4. The highest BCUT2D eigenvalue weighted by molar-refractivity contribution is 5.97. The van der Waals surface area contributed by atoms with Gasteiger partial charge in [-0.1, -0.05) is 12.2 Å². The van der Waals surface area contributed by atoms with E-state index in [2.05, 4.69) is 34.2 Å². The molecule has 0 saturated carbocycles. The van der Waals surface area contributed by atoms with Gasteiger partial charge in [0, 0.05) is 48.1 Å². The summed E-state index contributed by atoms with van der Waals surface area (Å²) in [5.74, 6) is 0.614. The molecule has 4 bridgehead atoms. The number of hydrogen-bond donors (Lipinski definition) is 2. The lowest BCUT2D eigenvalue weighted by atomic mass is 9.97. The number of carbonyl (C=O) groups is 2. The van der Waals surface area contributed by atoms with E-state index >= 15 is 0 Å². The molecule has 0 radical (unpaired) electrons. The van der Waals surface area contributed by atoms with Crippen molar-refractivity contribution >= 4 is 28.5 Å². The number of methoxy groups -OCH3 is 1. The average molecular weight is 582 g/mol. The van der Waals surface area contributed by atoms with Crippen LogP contribution in [0.25, 0.3) is 28.1 Å². The third kappa shape index (κ3) is 4.68. The Labute approximate surface area is 250 Å². The number of imidazole rings is 1. The highest BCUT2D eigenvalue weighted by atomic mass is 16.5. The van der Waals surface area contributed by atoms with Crippen molar-refractivity contribution in [2.75, 3.05) is 7.11 Å². The number of ether oxygens (including phenoxy) is 1. The topological polar surface area (TPSA) is 120 Å². The van der Waals surface area contributed by atoms with Crippen LogP contribution in [0.5, 0.6) is 5.88 Å². The summed E-state index contributed by atoms with van der Waals surface area (Å²) in [6.07, 6.45) is 10.5. The molecule has 2 amide bonds. The Hall–Kier alpha value is -4.18. The van der Waals surface area contributed by atoms with E-state index in [-0.39, 0.29) is 36.0 Å². The van der Waals surface area contributed by atoms with Gasteiger partial charge in [0.25, 0.3) is 5.91 Å². The molecule has 7 heterocycles. The molecule has 10 heteroatoms. The number of amides is 2. The molecule has 3 aliphatic heterocycles. The third-order valence-corrected chi connectivity index (χ3v) is 9.50. The number of nitrogens with one attached hydrogen (secondary N) is 1. The molecule has 43 heavy (non-hydrogen) atoms. The van der Waals surface area contributed by atoms with Crippen molar-refractivity contribution < 1.29 is 14.3 Å². The minimum absolute atomic E-state index is 0.00574. The molecule has 4 aromatic rings. The Morgan fingerprint density at radius 1 is 1.12 bits per heavy atom. The van der Waals surface area contributed by atoms with Gasteiger partial charge in [0.15, 0.2) is 5.88 Å². The molecule has 4 atom stereocenters. The largest absolute Gasteiger partial charge is 0.482 e. The number of fused-ring (bicyclic) bond motifs is 4. The second kappa shape index (κ2) is 10.8. The van der Waals surface area contributed by atoms with Gasteiger partial charge in [-0.25, -0.2) is 9.97 Å². The predicted molar refractivity (Wildman–Crippen MR) is 165 cm³/mol. The van der Waals surface area contributed by atoms with Crippen LogP contribution in [0.4, 0.5) is 0 Å². The number of nitrogens with two attached hydrogens (primary N) is 1. The number of aryl methyl sites for hydroxylation is 1. The molecular formula is C33H39N7O3. The first kappa shape index (κ1) is 27.6. The zero-order valence-electron chi connectivity index (χ0n) is 25.0. The van der Waals surface area contributed by atoms with Crippen LogP contribution in [0, 0.1) is 6.92 Å². The van der Waals surface area contributed by atoms with E-state index in [1.54, 1.807) is 7.11 Å². The van der Waals surface area contributed by atoms with Gasteiger partial charge in [0.05, 0.1) is 30.2 Å². The Morgan fingerprint density at radius 3 is 2.74 bits per heavy atom. The van der Waals surface area contributed by atoms with Crippen molar-refractivity contribution in [3.05, 3.63) is 59.4 Å². The van der Waals surface area contributed by atoms with Crippen LogP contribution in [0.15, 0.2) is 42.5 Å². The minimum atomic E-state index is -0.195. The summed E-state index contributed by atoms with van der Waals surface area (Å²) in [7, 11) is 1.62. The van der Waals surface area contributed by atoms with Crippen molar-refractivity contribution in [2.24, 2.45) is 5.73 Å². The van der Waals surface area contributed by atoms with Gasteiger partial charge in [-0.2, -0.15) is 0 Å². The van der Waals surface area contributed by atoms with E-state index in [1.165, 1.54) is 0 Å². The normalized spacial score (nSPS) is 24.9. The SMILES string of the molecule is COc1cc(C(=O)N2[C@H]3CC[C@@H]2[C@H](N)C3)cc2nc(-c3cc4ccc5nc4n3C/C=C\CCCCC(=O)N[C@@H]5C)c(C)n12. The second-order valence-corrected chi connectivity index (χ2v) is 12.2. The predicted octanol–water partition coefficient (Wildman–Crippen LogP) is 4.68. The van der Waals surface area contributed by atoms with Crippen molar-refractivity contribution in [3.8, 4) is 17.3 Å². The van der Waals surface area contributed by atoms with Crippen LogP contribution < -0.4 is 15.8 Å². The Kier molecular flexibility index (Phi) is 6.96. The van der Waals surface area contributed by atoms with Gasteiger partial charge >= 0.3 is 0 Å². The molecule has 10 nitrogen and oxygen atoms in total. The number of hydrogen-bond acceptors (Lipinski definition) is 6. The highest BCUT2D eigenvalue weighted by Crippen LogP contribution is 2.39. The number of pyridine rings is 2. The molecule has 0 spiro atoms. The van der Waals surface area contributed by atoms with Gasteiger partial charge in [-0.05, 0) is 76.6 Å². The monoisotopic (exact) mass is 581 g/mol. The summed E-state index contributed by atoms with van der Waals surface area (Å²) in [6, 6.07) is 10.0. The van der Waals surface area contributed by atoms with Crippen LogP contribution in [0.2, 0.25) is 0 Å². The molecule has 224 valence electrons. The van der Waals surface area contributed by atoms with Gasteiger partial charge in [0.1, 0.15) is 17.0 Å². The summed E-state index contributed by atoms with van der Waals surface area (Å²) < 4.78 is 9.98. The quantitative estimate of drug-likeness (QED) is 0.339. The Bertz CT molecular complexity index is 1770. The summed E-state index contributed by atoms with van der Waals surface area (Å²) in [6.45, 7) is 4.65. The highest BCUT2D eigenvalue weighted by Gasteiger charge is 2.47. The fraction of sp³-hybridized carbons (Fsp3) is 0.455. The van der Waals surface area contributed by atoms with Gasteiger partial charge in [-0.15, -0.1) is 0 Å². The van der Waals surface area contributed by atoms with Gasteiger partial charge < -0.3 is 25.3 Å². The molecule has 2 saturated heterocycles. The van der Waals surface area contributed by atoms with Crippen molar-refractivity contribution in [2.45, 2.75) is 89.5 Å². The number of rotatable bonds is 3. The van der Waals surface area contributed by atoms with Crippen LogP contribution >= 0.6 is 0 Å². The zero-order valence-corrected chi connectivity index (χ0v) is 25.0.